The highest BCUT2D eigenvalue weighted by Crippen LogP contribution is 2.16. The van der Waals surface area contributed by atoms with Crippen molar-refractivity contribution in [1.82, 2.24) is 0 Å². The van der Waals surface area contributed by atoms with Crippen molar-refractivity contribution in [2.24, 2.45) is 4.40 Å². The van der Waals surface area contributed by atoms with Gasteiger partial charge in [-0.3, -0.25) is 0 Å². The topological polar surface area (TPSA) is 35.4 Å². The molecule has 1 aromatic carbocycles. The van der Waals surface area contributed by atoms with Crippen LogP contribution >= 0.6 is 15.9 Å². The number of halogens is 2. The Kier molecular flexibility index (Phi) is 4.50. The van der Waals surface area contributed by atoms with Crippen LogP contribution in [-0.2, 0) is 11.4 Å². The summed E-state index contributed by atoms with van der Waals surface area (Å²) in [4.78, 5) is 0.479. The Morgan fingerprint density at radius 2 is 2.33 bits per heavy atom. The maximum absolute atomic E-state index is 12.9. The molecule has 0 aliphatic rings. The SMILES string of the molecule is C=C(C)[S+]([O-])N=Cc1ccc(F)c(Br)c1. The summed E-state index contributed by atoms with van der Waals surface area (Å²) in [6.45, 7) is 5.15. The number of hydrogen-bond acceptors (Lipinski definition) is 2. The maximum Gasteiger partial charge on any atom is 0.149 e. The van der Waals surface area contributed by atoms with Gasteiger partial charge in [-0.1, -0.05) is 10.5 Å². The summed E-state index contributed by atoms with van der Waals surface area (Å²) in [6, 6.07) is 4.43. The summed E-state index contributed by atoms with van der Waals surface area (Å²) in [5, 5.41) is 0. The molecule has 5 heteroatoms. The fourth-order valence-electron chi connectivity index (χ4n) is 0.791. The van der Waals surface area contributed by atoms with Gasteiger partial charge in [0.25, 0.3) is 0 Å². The molecule has 0 bridgehead atoms. The van der Waals surface area contributed by atoms with Gasteiger partial charge in [0.1, 0.15) is 22.1 Å². The Hall–Kier alpha value is -0.650. The molecule has 80 valence electrons. The Balaban J connectivity index is 2.81. The van der Waals surface area contributed by atoms with Gasteiger partial charge >= 0.3 is 0 Å². The molecule has 1 aromatic rings. The minimum Gasteiger partial charge on any atom is -0.586 e. The summed E-state index contributed by atoms with van der Waals surface area (Å²) < 4.78 is 28.2. The molecular weight excluding hydrogens is 281 g/mol. The van der Waals surface area contributed by atoms with E-state index in [0.717, 1.165) is 0 Å². The molecule has 0 N–H and O–H groups in total. The van der Waals surface area contributed by atoms with E-state index in [1.165, 1.54) is 12.3 Å². The van der Waals surface area contributed by atoms with E-state index in [2.05, 4.69) is 26.9 Å². The largest absolute Gasteiger partial charge is 0.586 e. The number of allylic oxidation sites excluding steroid dienone is 1. The number of hydrogen-bond donors (Lipinski definition) is 0. The van der Waals surface area contributed by atoms with Crippen LogP contribution in [0.4, 0.5) is 4.39 Å². The van der Waals surface area contributed by atoms with E-state index in [9.17, 15) is 8.94 Å². The summed E-state index contributed by atoms with van der Waals surface area (Å²) in [5.41, 5.74) is 0.679. The second-order valence-corrected chi connectivity index (χ2v) is 5.12. The number of benzene rings is 1. The third kappa shape index (κ3) is 3.77. The Morgan fingerprint density at radius 3 is 2.87 bits per heavy atom. The first-order valence-electron chi connectivity index (χ1n) is 4.07. The van der Waals surface area contributed by atoms with Gasteiger partial charge in [0, 0.05) is 6.92 Å². The molecule has 0 aromatic heterocycles. The fraction of sp³-hybridized carbons (Fsp3) is 0.100. The molecule has 1 atom stereocenters. The molecule has 1 unspecified atom stereocenters. The second-order valence-electron chi connectivity index (χ2n) is 2.86. The van der Waals surface area contributed by atoms with E-state index in [-0.39, 0.29) is 5.82 Å². The molecule has 0 aliphatic heterocycles. The molecule has 1 rings (SSSR count). The summed E-state index contributed by atoms with van der Waals surface area (Å²) >= 11 is 1.63. The van der Waals surface area contributed by atoms with Gasteiger partial charge in [0.05, 0.1) is 10.7 Å². The van der Waals surface area contributed by atoms with Gasteiger partial charge in [-0.2, -0.15) is 0 Å². The van der Waals surface area contributed by atoms with Crippen LogP contribution in [0.15, 0.2) is 38.6 Å². The van der Waals surface area contributed by atoms with Gasteiger partial charge in [0.2, 0.25) is 0 Å². The maximum atomic E-state index is 12.9. The van der Waals surface area contributed by atoms with Crippen LogP contribution in [0.5, 0.6) is 0 Å². The normalized spacial score (nSPS) is 13.1. The van der Waals surface area contributed by atoms with Gasteiger partial charge in [-0.15, -0.1) is 0 Å². The zero-order valence-electron chi connectivity index (χ0n) is 8.04. The molecule has 0 aliphatic carbocycles. The molecule has 0 saturated heterocycles. The first-order valence-corrected chi connectivity index (χ1v) is 5.97. The van der Waals surface area contributed by atoms with Gasteiger partial charge in [-0.25, -0.2) is 4.39 Å². The third-order valence-corrected chi connectivity index (χ3v) is 3.04. The van der Waals surface area contributed by atoms with Crippen LogP contribution in [0.3, 0.4) is 0 Å². The number of rotatable bonds is 3. The number of nitrogens with zero attached hydrogens (tertiary/aromatic N) is 1. The van der Waals surface area contributed by atoms with Crippen LogP contribution in [0.2, 0.25) is 0 Å². The second kappa shape index (κ2) is 5.44. The Morgan fingerprint density at radius 1 is 1.67 bits per heavy atom. The van der Waals surface area contributed by atoms with Crippen LogP contribution in [0, 0.1) is 5.82 Å². The minimum absolute atomic E-state index is 0.340. The predicted molar refractivity (Wildman–Crippen MR) is 64.7 cm³/mol. The van der Waals surface area contributed by atoms with Crippen molar-refractivity contribution in [1.29, 1.82) is 0 Å². The average molecular weight is 290 g/mol. The van der Waals surface area contributed by atoms with Crippen molar-refractivity contribution in [3.05, 3.63) is 45.5 Å². The fourth-order valence-corrected chi connectivity index (χ4v) is 1.59. The van der Waals surface area contributed by atoms with E-state index in [1.54, 1.807) is 19.1 Å². The van der Waals surface area contributed by atoms with E-state index in [1.807, 2.05) is 0 Å². The summed E-state index contributed by atoms with van der Waals surface area (Å²) in [6.07, 6.45) is 1.43. The average Bonchev–Trinajstić information content (AvgIpc) is 2.19. The Bertz CT molecular complexity index is 408. The van der Waals surface area contributed by atoms with Crippen molar-refractivity contribution < 1.29 is 8.94 Å². The highest BCUT2D eigenvalue weighted by Gasteiger charge is 2.04. The molecule has 0 saturated carbocycles. The van der Waals surface area contributed by atoms with E-state index in [0.29, 0.717) is 14.9 Å². The lowest BCUT2D eigenvalue weighted by atomic mass is 10.2. The molecule has 0 fully saturated rings. The van der Waals surface area contributed by atoms with Gasteiger partial charge in [-0.05, 0) is 40.2 Å². The van der Waals surface area contributed by atoms with E-state index < -0.39 is 11.4 Å². The highest BCUT2D eigenvalue weighted by molar-refractivity contribution is 9.10. The van der Waals surface area contributed by atoms with Crippen molar-refractivity contribution >= 4 is 33.5 Å². The smallest absolute Gasteiger partial charge is 0.149 e. The lowest BCUT2D eigenvalue weighted by Crippen LogP contribution is -1.96. The summed E-state index contributed by atoms with van der Waals surface area (Å²) in [7, 11) is 0. The van der Waals surface area contributed by atoms with Crippen LogP contribution in [0.25, 0.3) is 0 Å². The van der Waals surface area contributed by atoms with Crippen molar-refractivity contribution in [2.45, 2.75) is 6.92 Å². The molecule has 0 radical (unpaired) electrons. The lowest BCUT2D eigenvalue weighted by Gasteiger charge is -2.00. The molecular formula is C10H9BrFNOS. The van der Waals surface area contributed by atoms with Gasteiger partial charge in [0.15, 0.2) is 0 Å². The summed E-state index contributed by atoms with van der Waals surface area (Å²) in [5.74, 6) is -0.340. The predicted octanol–water partition coefficient (Wildman–Crippen LogP) is 3.20. The molecule has 0 spiro atoms. The van der Waals surface area contributed by atoms with Crippen LogP contribution in [-0.4, -0.2) is 10.8 Å². The Labute approximate surface area is 99.4 Å². The third-order valence-electron chi connectivity index (χ3n) is 1.54. The standard InChI is InChI=1S/C10H9BrFNOS/c1-7(2)15(14)13-6-8-3-4-10(12)9(11)5-8/h3-6H,1H2,2H3. The van der Waals surface area contributed by atoms with E-state index in [4.69, 9.17) is 0 Å². The van der Waals surface area contributed by atoms with Crippen molar-refractivity contribution in [3.63, 3.8) is 0 Å². The lowest BCUT2D eigenvalue weighted by molar-refractivity contribution is 0.603. The van der Waals surface area contributed by atoms with Crippen molar-refractivity contribution in [3.8, 4) is 0 Å². The van der Waals surface area contributed by atoms with Crippen molar-refractivity contribution in [2.75, 3.05) is 0 Å². The minimum atomic E-state index is -1.42. The van der Waals surface area contributed by atoms with Crippen LogP contribution in [0.1, 0.15) is 12.5 Å². The highest BCUT2D eigenvalue weighted by atomic mass is 79.9. The van der Waals surface area contributed by atoms with Gasteiger partial charge < -0.3 is 4.55 Å². The molecule has 2 nitrogen and oxygen atoms in total. The van der Waals surface area contributed by atoms with Crippen LogP contribution < -0.4 is 0 Å². The molecule has 0 heterocycles. The zero-order valence-corrected chi connectivity index (χ0v) is 10.4. The first-order chi connectivity index (χ1) is 7.00. The quantitative estimate of drug-likeness (QED) is 0.622. The van der Waals surface area contributed by atoms with E-state index >= 15 is 0 Å². The zero-order chi connectivity index (χ0) is 11.4. The monoisotopic (exact) mass is 289 g/mol. The first kappa shape index (κ1) is 12.4. The molecule has 15 heavy (non-hydrogen) atoms. The molecule has 0 amide bonds.